The van der Waals surface area contributed by atoms with Crippen molar-refractivity contribution in [1.29, 1.82) is 0 Å². The summed E-state index contributed by atoms with van der Waals surface area (Å²) in [7, 11) is 0. The lowest BCUT2D eigenvalue weighted by atomic mass is 10.2. The van der Waals surface area contributed by atoms with Crippen LogP contribution in [0.15, 0.2) is 35.6 Å². The van der Waals surface area contributed by atoms with Crippen LogP contribution in [0.1, 0.15) is 10.4 Å². The van der Waals surface area contributed by atoms with Crippen LogP contribution in [0.2, 0.25) is 0 Å². The van der Waals surface area contributed by atoms with Gasteiger partial charge in [-0.2, -0.15) is 0 Å². The Morgan fingerprint density at radius 3 is 2.96 bits per heavy atom. The maximum absolute atomic E-state index is 12.1. The molecule has 2 N–H and O–H groups in total. The summed E-state index contributed by atoms with van der Waals surface area (Å²) in [6, 6.07) is 7.13. The molecule has 1 amide bonds. The number of aromatic nitrogens is 2. The van der Waals surface area contributed by atoms with Crippen LogP contribution in [0.3, 0.4) is 0 Å². The zero-order valence-electron chi connectivity index (χ0n) is 12.7. The molecular formula is C16H15N3O2S2. The average Bonchev–Trinajstić information content (AvgIpc) is 2.89. The first-order valence-electron chi connectivity index (χ1n) is 6.96. The second-order valence-corrected chi connectivity index (χ2v) is 7.31. The molecule has 0 spiro atoms. The first-order chi connectivity index (χ1) is 11.0. The van der Waals surface area contributed by atoms with E-state index in [1.807, 2.05) is 19.9 Å². The largest absolute Gasteiger partial charge is 0.506 e. The van der Waals surface area contributed by atoms with Gasteiger partial charge in [-0.15, -0.1) is 11.3 Å². The van der Waals surface area contributed by atoms with E-state index in [2.05, 4.69) is 15.3 Å². The molecule has 0 unspecified atom stereocenters. The van der Waals surface area contributed by atoms with Crippen LogP contribution in [-0.2, 0) is 4.79 Å². The number of carbonyl (C=O) groups is 1. The van der Waals surface area contributed by atoms with Crippen molar-refractivity contribution in [2.45, 2.75) is 18.9 Å². The third-order valence-electron chi connectivity index (χ3n) is 3.18. The summed E-state index contributed by atoms with van der Waals surface area (Å²) < 4.78 is 0. The van der Waals surface area contributed by atoms with Crippen molar-refractivity contribution in [2.24, 2.45) is 0 Å². The van der Waals surface area contributed by atoms with Crippen molar-refractivity contribution < 1.29 is 9.90 Å². The summed E-state index contributed by atoms with van der Waals surface area (Å²) in [5, 5.41) is 14.3. The van der Waals surface area contributed by atoms with Crippen molar-refractivity contribution in [3.05, 3.63) is 41.0 Å². The van der Waals surface area contributed by atoms with Crippen LogP contribution in [0.25, 0.3) is 10.2 Å². The topological polar surface area (TPSA) is 75.1 Å². The maximum Gasteiger partial charge on any atom is 0.234 e. The van der Waals surface area contributed by atoms with Gasteiger partial charge in [-0.05, 0) is 37.6 Å². The number of phenolic OH excluding ortho intramolecular Hbond substituents is 1. The van der Waals surface area contributed by atoms with Gasteiger partial charge in [0.25, 0.3) is 0 Å². The Morgan fingerprint density at radius 2 is 2.13 bits per heavy atom. The summed E-state index contributed by atoms with van der Waals surface area (Å²) in [6.07, 6.45) is 1.52. The molecule has 0 aliphatic heterocycles. The molecule has 1 aromatic carbocycles. The molecule has 3 rings (SSSR count). The highest BCUT2D eigenvalue weighted by molar-refractivity contribution is 8.00. The Labute approximate surface area is 141 Å². The van der Waals surface area contributed by atoms with Gasteiger partial charge >= 0.3 is 0 Å². The van der Waals surface area contributed by atoms with E-state index >= 15 is 0 Å². The maximum atomic E-state index is 12.1. The Bertz CT molecular complexity index is 877. The smallest absolute Gasteiger partial charge is 0.234 e. The van der Waals surface area contributed by atoms with Crippen LogP contribution in [0, 0.1) is 13.8 Å². The number of anilines is 1. The second-order valence-electron chi connectivity index (χ2n) is 5.11. The van der Waals surface area contributed by atoms with E-state index in [9.17, 15) is 9.90 Å². The molecular weight excluding hydrogens is 330 g/mol. The number of fused-ring (bicyclic) bond motifs is 1. The highest BCUT2D eigenvalue weighted by atomic mass is 32.2. The minimum atomic E-state index is -0.186. The fraction of sp³-hybridized carbons (Fsp3) is 0.188. The van der Waals surface area contributed by atoms with Crippen molar-refractivity contribution in [2.75, 3.05) is 11.1 Å². The Kier molecular flexibility index (Phi) is 4.49. The number of aryl methyl sites for hydroxylation is 2. The number of nitrogens with one attached hydrogen (secondary N) is 1. The van der Waals surface area contributed by atoms with Crippen molar-refractivity contribution in [3.8, 4) is 5.75 Å². The SMILES string of the molecule is Cc1ccc(O)c(NC(=O)CSc2ncnc3sc(C)cc23)c1. The quantitative estimate of drug-likeness (QED) is 0.428. The predicted molar refractivity (Wildman–Crippen MR) is 94.3 cm³/mol. The molecule has 2 aromatic heterocycles. The summed E-state index contributed by atoms with van der Waals surface area (Å²) in [5.41, 5.74) is 1.40. The number of rotatable bonds is 4. The lowest BCUT2D eigenvalue weighted by molar-refractivity contribution is -0.113. The van der Waals surface area contributed by atoms with Crippen LogP contribution >= 0.6 is 23.1 Å². The number of thioether (sulfide) groups is 1. The Balaban J connectivity index is 1.70. The Morgan fingerprint density at radius 1 is 1.30 bits per heavy atom. The average molecular weight is 345 g/mol. The number of thiophene rings is 1. The molecule has 3 aromatic rings. The third-order valence-corrected chi connectivity index (χ3v) is 5.15. The van der Waals surface area contributed by atoms with Gasteiger partial charge in [0, 0.05) is 10.3 Å². The van der Waals surface area contributed by atoms with Gasteiger partial charge in [0.15, 0.2) is 0 Å². The molecule has 0 atom stereocenters. The van der Waals surface area contributed by atoms with E-state index in [0.29, 0.717) is 5.69 Å². The number of benzene rings is 1. The van der Waals surface area contributed by atoms with Gasteiger partial charge in [-0.1, -0.05) is 17.8 Å². The van der Waals surface area contributed by atoms with Crippen LogP contribution in [0.5, 0.6) is 5.75 Å². The number of amides is 1. The van der Waals surface area contributed by atoms with E-state index < -0.39 is 0 Å². The van der Waals surface area contributed by atoms with Crippen LogP contribution in [0.4, 0.5) is 5.69 Å². The zero-order valence-corrected chi connectivity index (χ0v) is 14.3. The number of hydrogen-bond acceptors (Lipinski definition) is 6. The van der Waals surface area contributed by atoms with Crippen LogP contribution < -0.4 is 5.32 Å². The molecule has 0 bridgehead atoms. The van der Waals surface area contributed by atoms with Crippen molar-refractivity contribution >= 4 is 44.9 Å². The summed E-state index contributed by atoms with van der Waals surface area (Å²) in [6.45, 7) is 3.92. The van der Waals surface area contributed by atoms with E-state index in [-0.39, 0.29) is 17.4 Å². The summed E-state index contributed by atoms with van der Waals surface area (Å²) in [4.78, 5) is 22.7. The number of hydrogen-bond donors (Lipinski definition) is 2. The second kappa shape index (κ2) is 6.55. The van der Waals surface area contributed by atoms with Crippen LogP contribution in [-0.4, -0.2) is 26.7 Å². The fourth-order valence-corrected chi connectivity index (χ4v) is 3.82. The minimum Gasteiger partial charge on any atom is -0.506 e. The first kappa shape index (κ1) is 15.8. The molecule has 7 heteroatoms. The molecule has 2 heterocycles. The Hall–Kier alpha value is -2.12. The number of carbonyl (C=O) groups excluding carboxylic acids is 1. The fourth-order valence-electron chi connectivity index (χ4n) is 2.14. The van der Waals surface area contributed by atoms with E-state index in [1.54, 1.807) is 29.5 Å². The first-order valence-corrected chi connectivity index (χ1v) is 8.76. The van der Waals surface area contributed by atoms with Gasteiger partial charge in [0.2, 0.25) is 5.91 Å². The molecule has 0 saturated heterocycles. The van der Waals surface area contributed by atoms with Gasteiger partial charge in [-0.25, -0.2) is 9.97 Å². The lowest BCUT2D eigenvalue weighted by Crippen LogP contribution is -2.14. The highest BCUT2D eigenvalue weighted by Crippen LogP contribution is 2.30. The number of nitrogens with zero attached hydrogens (tertiary/aromatic N) is 2. The van der Waals surface area contributed by atoms with E-state index in [0.717, 1.165) is 25.7 Å². The third kappa shape index (κ3) is 3.62. The van der Waals surface area contributed by atoms with Crippen molar-refractivity contribution in [3.63, 3.8) is 0 Å². The molecule has 0 aliphatic carbocycles. The molecule has 0 saturated carbocycles. The van der Waals surface area contributed by atoms with E-state index in [1.165, 1.54) is 18.1 Å². The molecule has 5 nitrogen and oxygen atoms in total. The molecule has 0 aliphatic rings. The highest BCUT2D eigenvalue weighted by Gasteiger charge is 2.11. The molecule has 0 fully saturated rings. The number of aromatic hydroxyl groups is 1. The predicted octanol–water partition coefficient (Wildman–Crippen LogP) is 3.74. The van der Waals surface area contributed by atoms with Gasteiger partial charge in [0.1, 0.15) is 21.9 Å². The monoisotopic (exact) mass is 345 g/mol. The molecule has 0 radical (unpaired) electrons. The molecule has 23 heavy (non-hydrogen) atoms. The van der Waals surface area contributed by atoms with Gasteiger partial charge < -0.3 is 10.4 Å². The normalized spacial score (nSPS) is 10.9. The standard InChI is InChI=1S/C16H15N3O2S2/c1-9-3-4-13(20)12(5-9)19-14(21)7-22-15-11-6-10(2)23-16(11)18-8-17-15/h3-6,8,20H,7H2,1-2H3,(H,19,21). The minimum absolute atomic E-state index is 0.0619. The zero-order chi connectivity index (χ0) is 16.4. The summed E-state index contributed by atoms with van der Waals surface area (Å²) >= 11 is 2.97. The number of phenols is 1. The van der Waals surface area contributed by atoms with E-state index in [4.69, 9.17) is 0 Å². The van der Waals surface area contributed by atoms with Gasteiger partial charge in [0.05, 0.1) is 11.4 Å². The molecule has 118 valence electrons. The lowest BCUT2D eigenvalue weighted by Gasteiger charge is -2.08. The van der Waals surface area contributed by atoms with Gasteiger partial charge in [-0.3, -0.25) is 4.79 Å². The summed E-state index contributed by atoms with van der Waals surface area (Å²) in [5.74, 6) is 0.0930. The van der Waals surface area contributed by atoms with Crippen molar-refractivity contribution in [1.82, 2.24) is 9.97 Å².